The van der Waals surface area contributed by atoms with Gasteiger partial charge in [0.1, 0.15) is 0 Å². The summed E-state index contributed by atoms with van der Waals surface area (Å²) in [7, 11) is 1.71. The zero-order valence-electron chi connectivity index (χ0n) is 10.7. The van der Waals surface area contributed by atoms with Crippen LogP contribution in [0.3, 0.4) is 0 Å². The topological polar surface area (TPSA) is 42.5 Å². The molecule has 0 unspecified atom stereocenters. The summed E-state index contributed by atoms with van der Waals surface area (Å²) in [6.07, 6.45) is 6.53. The lowest BCUT2D eigenvalue weighted by molar-refractivity contribution is 0.0623. The maximum Gasteiger partial charge on any atom is 0.166 e. The highest BCUT2D eigenvalue weighted by molar-refractivity contribution is 7.80. The Morgan fingerprint density at radius 2 is 1.88 bits per heavy atom. The molecular formula is C12H24N2O2S. The molecule has 17 heavy (non-hydrogen) atoms. The molecule has 0 heterocycles. The summed E-state index contributed by atoms with van der Waals surface area (Å²) in [5, 5.41) is 6.97. The van der Waals surface area contributed by atoms with Crippen molar-refractivity contribution < 1.29 is 9.47 Å². The summed E-state index contributed by atoms with van der Waals surface area (Å²) in [5.41, 5.74) is 0. The molecule has 0 atom stereocenters. The molecule has 5 heteroatoms. The minimum Gasteiger partial charge on any atom is -0.385 e. The third-order valence-corrected chi connectivity index (χ3v) is 3.14. The van der Waals surface area contributed by atoms with Gasteiger partial charge in [-0.25, -0.2) is 0 Å². The molecule has 0 spiro atoms. The van der Waals surface area contributed by atoms with E-state index in [9.17, 15) is 0 Å². The highest BCUT2D eigenvalue weighted by atomic mass is 32.1. The van der Waals surface area contributed by atoms with Gasteiger partial charge >= 0.3 is 0 Å². The Morgan fingerprint density at radius 1 is 1.18 bits per heavy atom. The van der Waals surface area contributed by atoms with Crippen LogP contribution in [0.2, 0.25) is 0 Å². The summed E-state index contributed by atoms with van der Waals surface area (Å²) in [4.78, 5) is 0. The monoisotopic (exact) mass is 260 g/mol. The molecule has 0 aromatic rings. The summed E-state index contributed by atoms with van der Waals surface area (Å²) in [6.45, 7) is 3.14. The van der Waals surface area contributed by atoms with Crippen LogP contribution in [0.25, 0.3) is 0 Å². The van der Waals surface area contributed by atoms with E-state index in [2.05, 4.69) is 10.6 Å². The Morgan fingerprint density at radius 3 is 2.59 bits per heavy atom. The van der Waals surface area contributed by atoms with Crippen molar-refractivity contribution in [2.24, 2.45) is 0 Å². The van der Waals surface area contributed by atoms with Gasteiger partial charge in [-0.1, -0.05) is 12.8 Å². The number of nitrogens with one attached hydrogen (secondary N) is 2. The lowest BCUT2D eigenvalue weighted by Gasteiger charge is -2.13. The Labute approximate surface area is 109 Å². The van der Waals surface area contributed by atoms with Crippen LogP contribution in [0, 0.1) is 0 Å². The Balaban J connectivity index is 1.85. The van der Waals surface area contributed by atoms with Gasteiger partial charge in [0.05, 0.1) is 12.7 Å². The molecule has 1 saturated carbocycles. The molecule has 1 aliphatic rings. The van der Waals surface area contributed by atoms with Gasteiger partial charge in [-0.3, -0.25) is 0 Å². The molecule has 0 bridgehead atoms. The molecule has 1 rings (SSSR count). The first kappa shape index (κ1) is 14.7. The van der Waals surface area contributed by atoms with Crippen molar-refractivity contribution in [1.82, 2.24) is 10.6 Å². The summed E-state index contributed by atoms with van der Waals surface area (Å²) in [5.74, 6) is 0. The normalized spacial score (nSPS) is 16.1. The van der Waals surface area contributed by atoms with E-state index >= 15 is 0 Å². The van der Waals surface area contributed by atoms with Gasteiger partial charge in [0, 0.05) is 26.8 Å². The van der Waals surface area contributed by atoms with E-state index in [4.69, 9.17) is 21.7 Å². The minimum absolute atomic E-state index is 0.486. The minimum atomic E-state index is 0.486. The fourth-order valence-corrected chi connectivity index (χ4v) is 2.13. The van der Waals surface area contributed by atoms with Crippen LogP contribution in [0.4, 0.5) is 0 Å². The molecule has 0 amide bonds. The molecule has 1 aliphatic carbocycles. The SMILES string of the molecule is COCCCNC(=S)NCCOC1CCCC1. The molecular weight excluding hydrogens is 236 g/mol. The predicted octanol–water partition coefficient (Wildman–Crippen LogP) is 1.45. The third-order valence-electron chi connectivity index (χ3n) is 2.85. The smallest absolute Gasteiger partial charge is 0.166 e. The van der Waals surface area contributed by atoms with E-state index in [0.717, 1.165) is 32.7 Å². The van der Waals surface area contributed by atoms with Crippen molar-refractivity contribution in [3.05, 3.63) is 0 Å². The number of hydrogen-bond donors (Lipinski definition) is 2. The fraction of sp³-hybridized carbons (Fsp3) is 0.917. The maximum atomic E-state index is 5.73. The summed E-state index contributed by atoms with van der Waals surface area (Å²) >= 11 is 5.13. The largest absolute Gasteiger partial charge is 0.385 e. The highest BCUT2D eigenvalue weighted by Crippen LogP contribution is 2.20. The molecule has 0 aromatic heterocycles. The van der Waals surface area contributed by atoms with Crippen molar-refractivity contribution in [2.75, 3.05) is 33.4 Å². The van der Waals surface area contributed by atoms with Gasteiger partial charge < -0.3 is 20.1 Å². The second-order valence-corrected chi connectivity index (χ2v) is 4.71. The van der Waals surface area contributed by atoms with Crippen molar-refractivity contribution in [3.63, 3.8) is 0 Å². The van der Waals surface area contributed by atoms with E-state index in [-0.39, 0.29) is 0 Å². The van der Waals surface area contributed by atoms with Crippen LogP contribution in [0.5, 0.6) is 0 Å². The van der Waals surface area contributed by atoms with Crippen LogP contribution in [-0.2, 0) is 9.47 Å². The van der Waals surface area contributed by atoms with Crippen molar-refractivity contribution in [2.45, 2.75) is 38.2 Å². The predicted molar refractivity (Wildman–Crippen MR) is 73.3 cm³/mol. The zero-order valence-corrected chi connectivity index (χ0v) is 11.5. The van der Waals surface area contributed by atoms with E-state index in [1.807, 2.05) is 0 Å². The zero-order chi connectivity index (χ0) is 12.3. The molecule has 2 N–H and O–H groups in total. The van der Waals surface area contributed by atoms with Crippen molar-refractivity contribution >= 4 is 17.3 Å². The standard InChI is InChI=1S/C12H24N2O2S/c1-15-9-4-7-13-12(17)14-8-10-16-11-5-2-3-6-11/h11H,2-10H2,1H3,(H2,13,14,17). The summed E-state index contributed by atoms with van der Waals surface area (Å²) < 4.78 is 10.7. The third kappa shape index (κ3) is 7.52. The van der Waals surface area contributed by atoms with Gasteiger partial charge in [0.25, 0.3) is 0 Å². The maximum absolute atomic E-state index is 5.73. The second kappa shape index (κ2) is 9.62. The number of rotatable bonds is 8. The molecule has 0 aliphatic heterocycles. The molecule has 0 radical (unpaired) electrons. The second-order valence-electron chi connectivity index (χ2n) is 4.31. The fourth-order valence-electron chi connectivity index (χ4n) is 1.93. The van der Waals surface area contributed by atoms with Crippen LogP contribution in [0.15, 0.2) is 0 Å². The number of ether oxygens (including phenoxy) is 2. The van der Waals surface area contributed by atoms with E-state index in [1.54, 1.807) is 7.11 Å². The molecule has 0 aromatic carbocycles. The number of hydrogen-bond acceptors (Lipinski definition) is 3. The van der Waals surface area contributed by atoms with E-state index in [0.29, 0.717) is 11.2 Å². The van der Waals surface area contributed by atoms with Crippen LogP contribution in [0.1, 0.15) is 32.1 Å². The Kier molecular flexibility index (Phi) is 8.30. The highest BCUT2D eigenvalue weighted by Gasteiger charge is 2.14. The quantitative estimate of drug-likeness (QED) is 0.511. The molecule has 100 valence electrons. The molecule has 1 fully saturated rings. The van der Waals surface area contributed by atoms with Crippen molar-refractivity contribution in [1.29, 1.82) is 0 Å². The van der Waals surface area contributed by atoms with E-state index < -0.39 is 0 Å². The first-order valence-corrected chi connectivity index (χ1v) is 6.86. The summed E-state index contributed by atoms with van der Waals surface area (Å²) in [6, 6.07) is 0. The lowest BCUT2D eigenvalue weighted by atomic mass is 10.3. The average molecular weight is 260 g/mol. The van der Waals surface area contributed by atoms with Gasteiger partial charge in [-0.2, -0.15) is 0 Å². The number of thiocarbonyl (C=S) groups is 1. The molecule has 0 saturated heterocycles. The Hall–Kier alpha value is -0.390. The van der Waals surface area contributed by atoms with Gasteiger partial charge in [0.15, 0.2) is 5.11 Å². The van der Waals surface area contributed by atoms with Gasteiger partial charge in [-0.05, 0) is 31.5 Å². The van der Waals surface area contributed by atoms with Crippen LogP contribution in [-0.4, -0.2) is 44.6 Å². The first-order chi connectivity index (χ1) is 8.33. The molecule has 4 nitrogen and oxygen atoms in total. The van der Waals surface area contributed by atoms with Gasteiger partial charge in [-0.15, -0.1) is 0 Å². The van der Waals surface area contributed by atoms with E-state index in [1.165, 1.54) is 25.7 Å². The van der Waals surface area contributed by atoms with Crippen molar-refractivity contribution in [3.8, 4) is 0 Å². The Bertz CT molecular complexity index is 209. The first-order valence-electron chi connectivity index (χ1n) is 6.45. The lowest BCUT2D eigenvalue weighted by Crippen LogP contribution is -2.38. The average Bonchev–Trinajstić information content (AvgIpc) is 2.83. The van der Waals surface area contributed by atoms with Gasteiger partial charge in [0.2, 0.25) is 0 Å². The van der Waals surface area contributed by atoms with Crippen LogP contribution < -0.4 is 10.6 Å². The number of methoxy groups -OCH3 is 1. The van der Waals surface area contributed by atoms with Crippen LogP contribution >= 0.6 is 12.2 Å².